The Kier molecular flexibility index (Phi) is 18.8. The number of fused-ring (bicyclic) bond motifs is 1. The van der Waals surface area contributed by atoms with Gasteiger partial charge in [0.15, 0.2) is 12.4 Å². The number of amides is 3. The number of alkyl carbamates (subject to hydrolysis) is 1. The Morgan fingerprint density at radius 1 is 0.614 bits per heavy atom. The van der Waals surface area contributed by atoms with Gasteiger partial charge in [-0.3, -0.25) is 28.8 Å². The molecule has 0 aliphatic rings. The van der Waals surface area contributed by atoms with E-state index in [2.05, 4.69) is 64.5 Å². The summed E-state index contributed by atoms with van der Waals surface area (Å²) in [4.78, 5) is 88.7. The minimum Gasteiger partial charge on any atom is -0.460 e. The summed E-state index contributed by atoms with van der Waals surface area (Å²) in [6.45, 7) is 13.5. The van der Waals surface area contributed by atoms with Crippen LogP contribution in [0, 0.1) is 5.92 Å². The summed E-state index contributed by atoms with van der Waals surface area (Å²) in [5, 5.41) is 10.1. The Bertz CT molecular complexity index is 1750. The summed E-state index contributed by atoms with van der Waals surface area (Å²) in [5.74, 6) is -5.08. The Labute approximate surface area is 334 Å². The highest BCUT2D eigenvalue weighted by atomic mass is 16.6. The highest BCUT2D eigenvalue weighted by Gasteiger charge is 2.34. The van der Waals surface area contributed by atoms with Gasteiger partial charge in [-0.25, -0.2) is 4.79 Å². The maximum Gasteiger partial charge on any atom is 0.408 e. The molecule has 14 nitrogen and oxygen atoms in total. The quantitative estimate of drug-likeness (QED) is 0.119. The van der Waals surface area contributed by atoms with Gasteiger partial charge in [0.25, 0.3) is 0 Å². The van der Waals surface area contributed by atoms with Crippen molar-refractivity contribution in [1.82, 2.24) is 16.0 Å². The van der Waals surface area contributed by atoms with Gasteiger partial charge in [-0.15, -0.1) is 0 Å². The van der Waals surface area contributed by atoms with Gasteiger partial charge < -0.3 is 34.9 Å². The van der Waals surface area contributed by atoms with Crippen molar-refractivity contribution in [3.8, 4) is 0 Å². The second kappa shape index (κ2) is 22.7. The van der Waals surface area contributed by atoms with E-state index in [4.69, 9.17) is 18.9 Å². The maximum absolute atomic E-state index is 13.5. The Morgan fingerprint density at radius 2 is 1.12 bits per heavy atom. The molecular weight excluding hydrogens is 734 g/mol. The predicted octanol–water partition coefficient (Wildman–Crippen LogP) is 5.73. The number of carbonyl (C=O) groups is 7. The highest BCUT2D eigenvalue weighted by Crippen LogP contribution is 2.14. The molecule has 0 fully saturated rings. The number of nitrogens with one attached hydrogen (secondary N) is 3. The standard InChI is InChI=1S/C33H49N3O11.C10H8/c1-20(2)28(30(42)34-24(25(38)19-44-21(3)37)17-27(40)47-33(7,8)9)36-29(41)23(15-16-26(39)46-32(4,5)6)35-31(43)45-18-22-13-11-10-12-14-22;1-2-6-10-8-4-3-7-9(10)5-1/h10-14,20,23-24,28H,15-19H2,1-9H3,(H,34,42)(H,35,43)(H,36,41);1-8H. The summed E-state index contributed by atoms with van der Waals surface area (Å²) >= 11 is 0. The SMILES string of the molecule is CC(=O)OCC(=O)C(CC(=O)OC(C)(C)C)NC(=O)C(NC(=O)C(CCC(=O)OC(C)(C)C)NC(=O)OCc1ccccc1)C(C)C.c1ccc2ccccc2c1. The predicted molar refractivity (Wildman–Crippen MR) is 213 cm³/mol. The number of rotatable bonds is 16. The lowest BCUT2D eigenvalue weighted by Crippen LogP contribution is -2.58. The van der Waals surface area contributed by atoms with Gasteiger partial charge in [-0.1, -0.05) is 92.7 Å². The van der Waals surface area contributed by atoms with Crippen LogP contribution in [0.3, 0.4) is 0 Å². The smallest absolute Gasteiger partial charge is 0.408 e. The first-order valence-corrected chi connectivity index (χ1v) is 18.7. The monoisotopic (exact) mass is 791 g/mol. The molecule has 3 rings (SSSR count). The van der Waals surface area contributed by atoms with Crippen LogP contribution < -0.4 is 16.0 Å². The zero-order chi connectivity index (χ0) is 42.8. The van der Waals surface area contributed by atoms with Crippen molar-refractivity contribution in [3.63, 3.8) is 0 Å². The number of hydrogen-bond donors (Lipinski definition) is 3. The molecule has 57 heavy (non-hydrogen) atoms. The molecule has 3 aromatic rings. The summed E-state index contributed by atoms with van der Waals surface area (Å²) in [6.07, 6.45) is -1.92. The van der Waals surface area contributed by atoms with Crippen molar-refractivity contribution >= 4 is 52.4 Å². The first-order valence-electron chi connectivity index (χ1n) is 18.7. The molecule has 0 bridgehead atoms. The van der Waals surface area contributed by atoms with Crippen LogP contribution in [0.1, 0.15) is 87.1 Å². The molecule has 3 atom stereocenters. The maximum atomic E-state index is 13.5. The lowest BCUT2D eigenvalue weighted by Gasteiger charge is -2.27. The van der Waals surface area contributed by atoms with Crippen LogP contribution in [0.4, 0.5) is 4.79 Å². The molecule has 0 heterocycles. The summed E-state index contributed by atoms with van der Waals surface area (Å²) < 4.78 is 20.6. The molecule has 3 amide bonds. The van der Waals surface area contributed by atoms with E-state index in [9.17, 15) is 33.6 Å². The van der Waals surface area contributed by atoms with Crippen molar-refractivity contribution in [2.24, 2.45) is 5.92 Å². The van der Waals surface area contributed by atoms with E-state index in [1.165, 1.54) is 10.8 Å². The Morgan fingerprint density at radius 3 is 1.61 bits per heavy atom. The number of ketones is 1. The third kappa shape index (κ3) is 19.6. The van der Waals surface area contributed by atoms with Gasteiger partial charge in [0.05, 0.1) is 6.42 Å². The summed E-state index contributed by atoms with van der Waals surface area (Å²) in [7, 11) is 0. The first-order chi connectivity index (χ1) is 26.6. The number of Topliss-reactive ketones (excluding diaryl/α,β-unsaturated/α-hetero) is 1. The van der Waals surface area contributed by atoms with Crippen LogP contribution >= 0.6 is 0 Å². The fourth-order valence-electron chi connectivity index (χ4n) is 5.08. The molecule has 0 saturated heterocycles. The summed E-state index contributed by atoms with van der Waals surface area (Å²) in [5.41, 5.74) is -0.943. The topological polar surface area (TPSA) is 192 Å². The molecule has 0 saturated carbocycles. The van der Waals surface area contributed by atoms with Crippen LogP contribution in [0.25, 0.3) is 10.8 Å². The summed E-state index contributed by atoms with van der Waals surface area (Å²) in [6, 6.07) is 21.5. The van der Waals surface area contributed by atoms with Crippen LogP contribution in [-0.4, -0.2) is 77.5 Å². The fraction of sp³-hybridized carbons (Fsp3) is 0.465. The van der Waals surface area contributed by atoms with E-state index in [0.717, 1.165) is 6.92 Å². The first kappa shape index (κ1) is 47.4. The molecule has 0 radical (unpaired) electrons. The van der Waals surface area contributed by atoms with Crippen molar-refractivity contribution < 1.29 is 52.5 Å². The minimum atomic E-state index is -1.44. The molecule has 0 aromatic heterocycles. The van der Waals surface area contributed by atoms with Gasteiger partial charge in [-0.05, 0) is 70.2 Å². The molecular formula is C43H57N3O11. The molecule has 3 aromatic carbocycles. The molecule has 3 N–H and O–H groups in total. The average Bonchev–Trinajstić information content (AvgIpc) is 3.12. The van der Waals surface area contributed by atoms with Gasteiger partial charge in [0.2, 0.25) is 11.8 Å². The van der Waals surface area contributed by atoms with Crippen molar-refractivity contribution in [2.75, 3.05) is 6.61 Å². The number of benzene rings is 3. The Balaban J connectivity index is 0.000000954. The third-order valence-corrected chi connectivity index (χ3v) is 7.70. The number of hydrogen-bond acceptors (Lipinski definition) is 11. The second-order valence-corrected chi connectivity index (χ2v) is 15.6. The third-order valence-electron chi connectivity index (χ3n) is 7.70. The van der Waals surface area contributed by atoms with E-state index in [0.29, 0.717) is 5.56 Å². The normalized spacial score (nSPS) is 12.7. The van der Waals surface area contributed by atoms with Crippen molar-refractivity contribution in [1.29, 1.82) is 0 Å². The van der Waals surface area contributed by atoms with E-state index in [-0.39, 0.29) is 19.4 Å². The molecule has 0 spiro atoms. The van der Waals surface area contributed by atoms with Crippen LogP contribution in [0.15, 0.2) is 78.9 Å². The van der Waals surface area contributed by atoms with E-state index in [1.54, 1.807) is 85.7 Å². The minimum absolute atomic E-state index is 0.0789. The second-order valence-electron chi connectivity index (χ2n) is 15.6. The lowest BCUT2D eigenvalue weighted by molar-refractivity contribution is -0.157. The molecule has 310 valence electrons. The lowest BCUT2D eigenvalue weighted by atomic mass is 10.0. The van der Waals surface area contributed by atoms with Crippen LogP contribution in [0.5, 0.6) is 0 Å². The number of ether oxygens (including phenoxy) is 4. The molecule has 0 aliphatic carbocycles. The molecule has 3 unspecified atom stereocenters. The van der Waals surface area contributed by atoms with Crippen molar-refractivity contribution in [3.05, 3.63) is 84.4 Å². The van der Waals surface area contributed by atoms with E-state index in [1.807, 2.05) is 0 Å². The van der Waals surface area contributed by atoms with Gasteiger partial charge in [-0.2, -0.15) is 0 Å². The number of carbonyl (C=O) groups excluding carboxylic acids is 7. The van der Waals surface area contributed by atoms with E-state index >= 15 is 0 Å². The zero-order valence-electron chi connectivity index (χ0n) is 34.3. The van der Waals surface area contributed by atoms with Crippen LogP contribution in [-0.2, 0) is 54.3 Å². The number of esters is 3. The highest BCUT2D eigenvalue weighted by molar-refractivity contribution is 5.96. The largest absolute Gasteiger partial charge is 0.460 e. The van der Waals surface area contributed by atoms with Crippen molar-refractivity contribution in [2.45, 2.75) is 118 Å². The van der Waals surface area contributed by atoms with Gasteiger partial charge in [0, 0.05) is 13.3 Å². The zero-order valence-corrected chi connectivity index (χ0v) is 34.3. The van der Waals surface area contributed by atoms with Gasteiger partial charge in [0.1, 0.15) is 35.9 Å². The fourth-order valence-corrected chi connectivity index (χ4v) is 5.08. The Hall–Kier alpha value is -5.79. The van der Waals surface area contributed by atoms with Crippen LogP contribution in [0.2, 0.25) is 0 Å². The average molecular weight is 792 g/mol. The molecule has 0 aliphatic heterocycles. The molecule has 14 heteroatoms. The van der Waals surface area contributed by atoms with E-state index < -0.39 is 89.9 Å². The van der Waals surface area contributed by atoms with Gasteiger partial charge >= 0.3 is 24.0 Å².